The summed E-state index contributed by atoms with van der Waals surface area (Å²) in [5.74, 6) is -0.798. The van der Waals surface area contributed by atoms with E-state index in [1.807, 2.05) is 39.0 Å². The predicted octanol–water partition coefficient (Wildman–Crippen LogP) is 5.42. The highest BCUT2D eigenvalue weighted by molar-refractivity contribution is 7.22. The molecule has 0 aliphatic carbocycles. The molecular weight excluding hydrogens is 490 g/mol. The molecule has 2 aromatic heterocycles. The molecule has 1 amide bonds. The monoisotopic (exact) mass is 515 g/mol. The highest BCUT2D eigenvalue weighted by Crippen LogP contribution is 2.45. The molecule has 0 spiro atoms. The molecule has 0 bridgehead atoms. The fourth-order valence-corrected chi connectivity index (χ4v) is 5.46. The zero-order valence-corrected chi connectivity index (χ0v) is 21.4. The largest absolute Gasteiger partial charge is 0.507 e. The van der Waals surface area contributed by atoms with Gasteiger partial charge in [0.1, 0.15) is 5.76 Å². The topological polar surface area (TPSA) is 102 Å². The molecule has 3 heterocycles. The fourth-order valence-electron chi connectivity index (χ4n) is 4.37. The highest BCUT2D eigenvalue weighted by atomic mass is 32.1. The van der Waals surface area contributed by atoms with E-state index < -0.39 is 17.7 Å². The number of ether oxygens (including phenoxy) is 2. The van der Waals surface area contributed by atoms with Gasteiger partial charge < -0.3 is 14.6 Å². The van der Waals surface area contributed by atoms with Crippen molar-refractivity contribution >= 4 is 44.1 Å². The number of hydrogen-bond donors (Lipinski definition) is 1. The first kappa shape index (κ1) is 24.5. The third-order valence-electron chi connectivity index (χ3n) is 6.02. The number of rotatable bonds is 7. The van der Waals surface area contributed by atoms with Crippen LogP contribution in [0.3, 0.4) is 0 Å². The SMILES string of the molecule is CCOc1ccc(C2C(=C(O)c3ccncc3)C(=O)C(=O)N2c2nc3ccc(C)cc3s2)cc1OCC. The Hall–Kier alpha value is -4.24. The Labute approximate surface area is 217 Å². The molecule has 0 radical (unpaired) electrons. The lowest BCUT2D eigenvalue weighted by atomic mass is 9.95. The highest BCUT2D eigenvalue weighted by Gasteiger charge is 2.48. The number of carbonyl (C=O) groups excluding carboxylic acids is 2. The van der Waals surface area contributed by atoms with Crippen LogP contribution >= 0.6 is 11.3 Å². The lowest BCUT2D eigenvalue weighted by Gasteiger charge is -2.24. The number of aromatic nitrogens is 2. The van der Waals surface area contributed by atoms with Crippen molar-refractivity contribution in [3.8, 4) is 11.5 Å². The maximum Gasteiger partial charge on any atom is 0.301 e. The van der Waals surface area contributed by atoms with Crippen molar-refractivity contribution in [2.75, 3.05) is 18.1 Å². The van der Waals surface area contributed by atoms with Crippen LogP contribution < -0.4 is 14.4 Å². The molecule has 188 valence electrons. The van der Waals surface area contributed by atoms with Gasteiger partial charge in [0.05, 0.1) is 35.0 Å². The average Bonchev–Trinajstić information content (AvgIpc) is 3.43. The molecule has 4 aromatic rings. The summed E-state index contributed by atoms with van der Waals surface area (Å²) in [7, 11) is 0. The van der Waals surface area contributed by atoms with Crippen molar-refractivity contribution in [3.63, 3.8) is 0 Å². The molecule has 1 aliphatic rings. The van der Waals surface area contributed by atoms with Crippen LogP contribution in [0.2, 0.25) is 0 Å². The maximum atomic E-state index is 13.5. The standard InChI is InChI=1S/C28H25N3O5S/c1-4-35-20-9-7-18(15-21(20)36-5-2)24-23(25(32)17-10-12-29-13-11-17)26(33)27(34)31(24)28-30-19-8-6-16(3)14-22(19)37-28/h6-15,24,32H,4-5H2,1-3H3. The van der Waals surface area contributed by atoms with E-state index in [0.29, 0.717) is 41.0 Å². The Kier molecular flexibility index (Phi) is 6.62. The number of hydrogen-bond acceptors (Lipinski definition) is 8. The van der Waals surface area contributed by atoms with Crippen molar-refractivity contribution in [2.45, 2.75) is 26.8 Å². The van der Waals surface area contributed by atoms with Gasteiger partial charge in [-0.3, -0.25) is 19.5 Å². The van der Waals surface area contributed by atoms with Crippen molar-refractivity contribution < 1.29 is 24.2 Å². The molecule has 2 aromatic carbocycles. The summed E-state index contributed by atoms with van der Waals surface area (Å²) < 4.78 is 12.4. The van der Waals surface area contributed by atoms with Crippen molar-refractivity contribution in [2.24, 2.45) is 0 Å². The molecule has 1 saturated heterocycles. The molecule has 1 N–H and O–H groups in total. The molecular formula is C28H25N3O5S. The van der Waals surface area contributed by atoms with Crippen molar-refractivity contribution in [1.29, 1.82) is 0 Å². The second kappa shape index (κ2) is 10.0. The lowest BCUT2D eigenvalue weighted by molar-refractivity contribution is -0.132. The van der Waals surface area contributed by atoms with E-state index in [9.17, 15) is 14.7 Å². The molecule has 1 aliphatic heterocycles. The number of fused-ring (bicyclic) bond motifs is 1. The number of ketones is 1. The van der Waals surface area contributed by atoms with E-state index in [0.717, 1.165) is 15.8 Å². The molecule has 1 fully saturated rings. The summed E-state index contributed by atoms with van der Waals surface area (Å²) in [6.07, 6.45) is 3.03. The minimum atomic E-state index is -0.926. The fraction of sp³-hybridized carbons (Fsp3) is 0.214. The van der Waals surface area contributed by atoms with Crippen molar-refractivity contribution in [3.05, 3.63) is 83.2 Å². The van der Waals surface area contributed by atoms with Gasteiger partial charge in [0, 0.05) is 18.0 Å². The van der Waals surface area contributed by atoms with Gasteiger partial charge in [0.2, 0.25) is 0 Å². The van der Waals surface area contributed by atoms with Crippen LogP contribution in [-0.4, -0.2) is 40.0 Å². The molecule has 9 heteroatoms. The van der Waals surface area contributed by atoms with Gasteiger partial charge in [-0.1, -0.05) is 23.5 Å². The number of nitrogens with zero attached hydrogens (tertiary/aromatic N) is 3. The predicted molar refractivity (Wildman–Crippen MR) is 142 cm³/mol. The first-order valence-corrected chi connectivity index (χ1v) is 12.7. The quantitative estimate of drug-likeness (QED) is 0.199. The van der Waals surface area contributed by atoms with Gasteiger partial charge in [-0.05, 0) is 68.3 Å². The Morgan fingerprint density at radius 3 is 2.46 bits per heavy atom. The Bertz CT molecular complexity index is 1530. The molecule has 37 heavy (non-hydrogen) atoms. The summed E-state index contributed by atoms with van der Waals surface area (Å²) in [6, 6.07) is 13.3. The van der Waals surface area contributed by atoms with E-state index in [2.05, 4.69) is 9.97 Å². The van der Waals surface area contributed by atoms with Gasteiger partial charge >= 0.3 is 5.91 Å². The average molecular weight is 516 g/mol. The molecule has 1 atom stereocenters. The zero-order chi connectivity index (χ0) is 26.1. The summed E-state index contributed by atoms with van der Waals surface area (Å²) in [5.41, 5.74) is 2.72. The number of carbonyl (C=O) groups is 2. The number of aryl methyl sites for hydroxylation is 1. The van der Waals surface area contributed by atoms with Crippen LogP contribution in [-0.2, 0) is 9.59 Å². The third-order valence-corrected chi connectivity index (χ3v) is 7.04. The van der Waals surface area contributed by atoms with Crippen LogP contribution in [0.25, 0.3) is 16.0 Å². The lowest BCUT2D eigenvalue weighted by Crippen LogP contribution is -2.29. The number of aliphatic hydroxyl groups excluding tert-OH is 1. The normalized spacial score (nSPS) is 16.9. The molecule has 8 nitrogen and oxygen atoms in total. The Morgan fingerprint density at radius 1 is 1.00 bits per heavy atom. The summed E-state index contributed by atoms with van der Waals surface area (Å²) in [6.45, 7) is 6.57. The first-order valence-electron chi connectivity index (χ1n) is 11.9. The number of thiazole rings is 1. The van der Waals surface area contributed by atoms with E-state index in [1.54, 1.807) is 30.3 Å². The number of Topliss-reactive ketones (excluding diaryl/α,β-unsaturated/α-hetero) is 1. The van der Waals surface area contributed by atoms with Gasteiger partial charge in [0.25, 0.3) is 5.78 Å². The van der Waals surface area contributed by atoms with Crippen LogP contribution in [0.1, 0.15) is 36.6 Å². The van der Waals surface area contributed by atoms with Gasteiger partial charge in [-0.25, -0.2) is 4.98 Å². The second-order valence-electron chi connectivity index (χ2n) is 8.44. The van der Waals surface area contributed by atoms with E-state index in [-0.39, 0.29) is 11.3 Å². The van der Waals surface area contributed by atoms with Crippen molar-refractivity contribution in [1.82, 2.24) is 9.97 Å². The summed E-state index contributed by atoms with van der Waals surface area (Å²) in [5, 5.41) is 11.6. The smallest absolute Gasteiger partial charge is 0.301 e. The number of pyridine rings is 1. The second-order valence-corrected chi connectivity index (χ2v) is 9.45. The van der Waals surface area contributed by atoms with Gasteiger partial charge in [0.15, 0.2) is 16.6 Å². The third kappa shape index (κ3) is 4.42. The molecule has 5 rings (SSSR count). The maximum absolute atomic E-state index is 13.5. The Balaban J connectivity index is 1.73. The minimum absolute atomic E-state index is 0.0294. The summed E-state index contributed by atoms with van der Waals surface area (Å²) in [4.78, 5) is 36.9. The molecule has 0 saturated carbocycles. The zero-order valence-electron chi connectivity index (χ0n) is 20.6. The van der Waals surface area contributed by atoms with E-state index in [1.165, 1.54) is 28.6 Å². The molecule has 1 unspecified atom stereocenters. The van der Waals surface area contributed by atoms with E-state index in [4.69, 9.17) is 9.47 Å². The van der Waals surface area contributed by atoms with Crippen LogP contribution in [0, 0.1) is 6.92 Å². The number of aliphatic hydroxyl groups is 1. The van der Waals surface area contributed by atoms with E-state index >= 15 is 0 Å². The summed E-state index contributed by atoms with van der Waals surface area (Å²) >= 11 is 1.32. The Morgan fingerprint density at radius 2 is 1.73 bits per heavy atom. The first-order chi connectivity index (χ1) is 17.9. The number of anilines is 1. The van der Waals surface area contributed by atoms with Gasteiger partial charge in [-0.15, -0.1) is 0 Å². The van der Waals surface area contributed by atoms with Crippen LogP contribution in [0.5, 0.6) is 11.5 Å². The van der Waals surface area contributed by atoms with Gasteiger partial charge in [-0.2, -0.15) is 0 Å². The number of amides is 1. The minimum Gasteiger partial charge on any atom is -0.507 e. The number of benzene rings is 2. The van der Waals surface area contributed by atoms with Crippen LogP contribution in [0.15, 0.2) is 66.5 Å². The van der Waals surface area contributed by atoms with Crippen LogP contribution in [0.4, 0.5) is 5.13 Å².